The second-order valence-corrected chi connectivity index (χ2v) is 3.17. The van der Waals surface area contributed by atoms with Gasteiger partial charge in [0.15, 0.2) is 11.9 Å². The molecule has 0 aromatic heterocycles. The molecular weight excluding hydrogens is 180 g/mol. The molecule has 1 atom stereocenters. The van der Waals surface area contributed by atoms with Gasteiger partial charge in [-0.1, -0.05) is 12.1 Å². The molecule has 1 aromatic rings. The Balaban J connectivity index is 2.64. The number of aliphatic hydroxyl groups excluding tert-OH is 1. The van der Waals surface area contributed by atoms with Gasteiger partial charge in [0.2, 0.25) is 0 Å². The molecule has 3 heteroatoms. The lowest BCUT2D eigenvalue weighted by molar-refractivity contribution is -0.122. The Hall–Kier alpha value is -1.35. The lowest BCUT2D eigenvalue weighted by Crippen LogP contribution is -2.20. The highest BCUT2D eigenvalue weighted by atomic mass is 16.5. The van der Waals surface area contributed by atoms with Crippen LogP contribution in [0.2, 0.25) is 0 Å². The van der Waals surface area contributed by atoms with Crippen molar-refractivity contribution in [2.24, 2.45) is 0 Å². The quantitative estimate of drug-likeness (QED) is 0.790. The van der Waals surface area contributed by atoms with Gasteiger partial charge in [-0.25, -0.2) is 0 Å². The molecule has 76 valence electrons. The minimum Gasteiger partial charge on any atom is -0.483 e. The fourth-order valence-electron chi connectivity index (χ4n) is 0.961. The van der Waals surface area contributed by atoms with E-state index in [1.54, 1.807) is 31.2 Å². The number of benzene rings is 1. The van der Waals surface area contributed by atoms with Crippen molar-refractivity contribution in [1.82, 2.24) is 0 Å². The monoisotopic (exact) mass is 194 g/mol. The number of hydrogen-bond donors (Lipinski definition) is 1. The van der Waals surface area contributed by atoms with Crippen LogP contribution >= 0.6 is 0 Å². The minimum atomic E-state index is -0.421. The third-order valence-electron chi connectivity index (χ3n) is 1.99. The van der Waals surface area contributed by atoms with E-state index < -0.39 is 6.10 Å². The number of carbonyl (C=O) groups is 1. The number of hydrogen-bond acceptors (Lipinski definition) is 3. The molecule has 0 saturated heterocycles. The molecule has 3 nitrogen and oxygen atoms in total. The minimum absolute atomic E-state index is 0.00349. The van der Waals surface area contributed by atoms with Crippen LogP contribution in [0.1, 0.15) is 19.4 Å². The van der Waals surface area contributed by atoms with Crippen molar-refractivity contribution in [3.63, 3.8) is 0 Å². The lowest BCUT2D eigenvalue weighted by atomic mass is 10.2. The first-order chi connectivity index (χ1) is 6.63. The van der Waals surface area contributed by atoms with Crippen molar-refractivity contribution < 1.29 is 14.6 Å². The first-order valence-electron chi connectivity index (χ1n) is 4.50. The average molecular weight is 194 g/mol. The SMILES string of the molecule is CC(=O)C(C)Oc1ccc(CO)cc1. The van der Waals surface area contributed by atoms with Crippen molar-refractivity contribution in [1.29, 1.82) is 0 Å². The van der Waals surface area contributed by atoms with Crippen LogP contribution in [0, 0.1) is 0 Å². The summed E-state index contributed by atoms with van der Waals surface area (Å²) < 4.78 is 5.34. The van der Waals surface area contributed by atoms with Gasteiger partial charge in [0.1, 0.15) is 5.75 Å². The predicted molar refractivity (Wildman–Crippen MR) is 53.1 cm³/mol. The topological polar surface area (TPSA) is 46.5 Å². The molecule has 0 aliphatic rings. The highest BCUT2D eigenvalue weighted by Crippen LogP contribution is 2.13. The van der Waals surface area contributed by atoms with Crippen molar-refractivity contribution in [2.45, 2.75) is 26.6 Å². The molecule has 0 radical (unpaired) electrons. The lowest BCUT2D eigenvalue weighted by Gasteiger charge is -2.11. The summed E-state index contributed by atoms with van der Waals surface area (Å²) in [4.78, 5) is 10.9. The zero-order valence-corrected chi connectivity index (χ0v) is 8.36. The van der Waals surface area contributed by atoms with E-state index >= 15 is 0 Å². The Bertz CT molecular complexity index is 303. The highest BCUT2D eigenvalue weighted by molar-refractivity contribution is 5.80. The maximum absolute atomic E-state index is 10.9. The molecule has 0 aliphatic heterocycles. The van der Waals surface area contributed by atoms with Gasteiger partial charge >= 0.3 is 0 Å². The van der Waals surface area contributed by atoms with Gasteiger partial charge in [0.05, 0.1) is 6.61 Å². The third-order valence-corrected chi connectivity index (χ3v) is 1.99. The van der Waals surface area contributed by atoms with Gasteiger partial charge in [0.25, 0.3) is 0 Å². The highest BCUT2D eigenvalue weighted by Gasteiger charge is 2.08. The standard InChI is InChI=1S/C11H14O3/c1-8(13)9(2)14-11-5-3-10(7-12)4-6-11/h3-6,9,12H,7H2,1-2H3. The van der Waals surface area contributed by atoms with Gasteiger partial charge in [0, 0.05) is 0 Å². The van der Waals surface area contributed by atoms with Crippen LogP contribution in [0.3, 0.4) is 0 Å². The zero-order chi connectivity index (χ0) is 10.6. The summed E-state index contributed by atoms with van der Waals surface area (Å²) in [5.74, 6) is 0.640. The van der Waals surface area contributed by atoms with Crippen molar-refractivity contribution in [2.75, 3.05) is 0 Å². The van der Waals surface area contributed by atoms with Gasteiger partial charge < -0.3 is 9.84 Å². The Morgan fingerprint density at radius 2 is 2.00 bits per heavy atom. The molecule has 0 spiro atoms. The molecule has 0 bridgehead atoms. The van der Waals surface area contributed by atoms with Crippen LogP contribution in [0.25, 0.3) is 0 Å². The third kappa shape index (κ3) is 2.85. The second-order valence-electron chi connectivity index (χ2n) is 3.17. The van der Waals surface area contributed by atoms with Crippen LogP contribution in [-0.4, -0.2) is 17.0 Å². The van der Waals surface area contributed by atoms with Gasteiger partial charge in [-0.3, -0.25) is 4.79 Å². The number of ketones is 1. The molecule has 0 fully saturated rings. The second kappa shape index (κ2) is 4.77. The molecule has 1 rings (SSSR count). The molecule has 14 heavy (non-hydrogen) atoms. The summed E-state index contributed by atoms with van der Waals surface area (Å²) in [5.41, 5.74) is 0.827. The van der Waals surface area contributed by atoms with Gasteiger partial charge in [-0.05, 0) is 31.5 Å². The maximum Gasteiger partial charge on any atom is 0.169 e. The van der Waals surface area contributed by atoms with Crippen molar-refractivity contribution in [3.05, 3.63) is 29.8 Å². The predicted octanol–water partition coefficient (Wildman–Crippen LogP) is 1.54. The van der Waals surface area contributed by atoms with Crippen LogP contribution in [0.4, 0.5) is 0 Å². The van der Waals surface area contributed by atoms with Crippen LogP contribution in [0.5, 0.6) is 5.75 Å². The first-order valence-corrected chi connectivity index (χ1v) is 4.50. The molecule has 0 saturated carbocycles. The van der Waals surface area contributed by atoms with Crippen molar-refractivity contribution in [3.8, 4) is 5.75 Å². The largest absolute Gasteiger partial charge is 0.483 e. The summed E-state index contributed by atoms with van der Waals surface area (Å²) in [7, 11) is 0. The number of ether oxygens (including phenoxy) is 1. The molecule has 0 heterocycles. The Labute approximate surface area is 83.3 Å². The zero-order valence-electron chi connectivity index (χ0n) is 8.36. The van der Waals surface area contributed by atoms with Crippen LogP contribution < -0.4 is 4.74 Å². The van der Waals surface area contributed by atoms with Crippen molar-refractivity contribution >= 4 is 5.78 Å². The van der Waals surface area contributed by atoms with E-state index in [0.717, 1.165) is 5.56 Å². The fourth-order valence-corrected chi connectivity index (χ4v) is 0.961. The average Bonchev–Trinajstić information content (AvgIpc) is 2.19. The van der Waals surface area contributed by atoms with Crippen LogP contribution in [-0.2, 0) is 11.4 Å². The summed E-state index contributed by atoms with van der Waals surface area (Å²) in [6, 6.07) is 7.01. The molecule has 0 aliphatic carbocycles. The number of carbonyl (C=O) groups excluding carboxylic acids is 1. The van der Waals surface area contributed by atoms with E-state index in [-0.39, 0.29) is 12.4 Å². The number of Topliss-reactive ketones (excluding diaryl/α,β-unsaturated/α-hetero) is 1. The molecule has 1 aromatic carbocycles. The van der Waals surface area contributed by atoms with Crippen LogP contribution in [0.15, 0.2) is 24.3 Å². The summed E-state index contributed by atoms with van der Waals surface area (Å²) in [6.45, 7) is 3.22. The summed E-state index contributed by atoms with van der Waals surface area (Å²) >= 11 is 0. The Kier molecular flexibility index (Phi) is 3.65. The van der Waals surface area contributed by atoms with E-state index in [4.69, 9.17) is 9.84 Å². The van der Waals surface area contributed by atoms with E-state index in [2.05, 4.69) is 0 Å². The molecule has 1 unspecified atom stereocenters. The van der Waals surface area contributed by atoms with Gasteiger partial charge in [-0.15, -0.1) is 0 Å². The smallest absolute Gasteiger partial charge is 0.169 e. The Morgan fingerprint density at radius 1 is 1.43 bits per heavy atom. The Morgan fingerprint density at radius 3 is 2.43 bits per heavy atom. The fraction of sp³-hybridized carbons (Fsp3) is 0.364. The van der Waals surface area contributed by atoms with E-state index in [1.165, 1.54) is 6.92 Å². The van der Waals surface area contributed by atoms with E-state index in [9.17, 15) is 4.79 Å². The number of aliphatic hydroxyl groups is 1. The maximum atomic E-state index is 10.9. The molecular formula is C11H14O3. The first kappa shape index (κ1) is 10.7. The number of rotatable bonds is 4. The summed E-state index contributed by atoms with van der Waals surface area (Å²) in [5, 5.41) is 8.80. The molecule has 0 amide bonds. The molecule has 1 N–H and O–H groups in total. The normalized spacial score (nSPS) is 12.2. The van der Waals surface area contributed by atoms with E-state index in [0.29, 0.717) is 5.75 Å². The van der Waals surface area contributed by atoms with E-state index in [1.807, 2.05) is 0 Å². The summed E-state index contributed by atoms with van der Waals surface area (Å²) in [6.07, 6.45) is -0.421. The van der Waals surface area contributed by atoms with Gasteiger partial charge in [-0.2, -0.15) is 0 Å².